The summed E-state index contributed by atoms with van der Waals surface area (Å²) in [5, 5.41) is 17.8. The fourth-order valence-electron chi connectivity index (χ4n) is 1.54. The number of aromatic carboxylic acids is 1. The van der Waals surface area contributed by atoms with Gasteiger partial charge in [-0.1, -0.05) is 10.3 Å². The number of carbonyl (C=O) groups is 1. The number of carboxylic acids is 1. The van der Waals surface area contributed by atoms with Gasteiger partial charge in [-0.2, -0.15) is 18.2 Å². The van der Waals surface area contributed by atoms with E-state index in [1.165, 1.54) is 0 Å². The molecule has 0 spiro atoms. The fourth-order valence-corrected chi connectivity index (χ4v) is 1.54. The van der Waals surface area contributed by atoms with E-state index < -0.39 is 23.7 Å². The Kier molecular flexibility index (Phi) is 4.23. The van der Waals surface area contributed by atoms with Crippen LogP contribution in [0.15, 0.2) is 23.1 Å². The second kappa shape index (κ2) is 6.51. The second-order valence-electron chi connectivity index (χ2n) is 4.43. The first-order valence-electron chi connectivity index (χ1n) is 6.52. The zero-order chi connectivity index (χ0) is 18.7. The van der Waals surface area contributed by atoms with Crippen LogP contribution in [0.2, 0.25) is 0 Å². The fraction of sp³-hybridized carbons (Fsp3) is 0.0769. The van der Waals surface area contributed by atoms with E-state index in [9.17, 15) is 18.0 Å². The molecular formula is C13H5F3N6O4. The standard InChI is InChI=1S/C13H5F3N6O4/c14-13(15,16)7-5-25-9(19-7)2-1-8-17-3-6(4-18-8)26-11-10(12(23)24)20-22-21-11/h3-5H,(H,23,24)(H,20,21,22). The van der Waals surface area contributed by atoms with Crippen molar-refractivity contribution >= 4 is 5.97 Å². The van der Waals surface area contributed by atoms with Crippen molar-refractivity contribution in [1.29, 1.82) is 0 Å². The Morgan fingerprint density at radius 2 is 2.00 bits per heavy atom. The van der Waals surface area contributed by atoms with E-state index in [0.717, 1.165) is 12.4 Å². The maximum atomic E-state index is 12.4. The average molecular weight is 366 g/mol. The second-order valence-corrected chi connectivity index (χ2v) is 4.43. The number of H-pyrrole nitrogens is 1. The Morgan fingerprint density at radius 1 is 1.27 bits per heavy atom. The van der Waals surface area contributed by atoms with E-state index >= 15 is 0 Å². The van der Waals surface area contributed by atoms with E-state index in [2.05, 4.69) is 46.6 Å². The van der Waals surface area contributed by atoms with Crippen LogP contribution >= 0.6 is 0 Å². The summed E-state index contributed by atoms with van der Waals surface area (Å²) in [6.07, 6.45) is -1.86. The highest BCUT2D eigenvalue weighted by Crippen LogP contribution is 2.28. The molecule has 0 aromatic carbocycles. The number of rotatable bonds is 3. The Morgan fingerprint density at radius 3 is 2.62 bits per heavy atom. The van der Waals surface area contributed by atoms with Crippen molar-refractivity contribution in [1.82, 2.24) is 30.4 Å². The van der Waals surface area contributed by atoms with Gasteiger partial charge in [-0.15, -0.1) is 0 Å². The van der Waals surface area contributed by atoms with Gasteiger partial charge in [0.2, 0.25) is 11.5 Å². The number of nitrogens with zero attached hydrogens (tertiary/aromatic N) is 5. The maximum Gasteiger partial charge on any atom is 0.436 e. The lowest BCUT2D eigenvalue weighted by Gasteiger charge is -2.00. The number of halogens is 3. The summed E-state index contributed by atoms with van der Waals surface area (Å²) in [6, 6.07) is 0. The van der Waals surface area contributed by atoms with E-state index in [1.54, 1.807) is 0 Å². The van der Waals surface area contributed by atoms with Crippen LogP contribution in [0.3, 0.4) is 0 Å². The molecule has 0 amide bonds. The minimum absolute atomic E-state index is 0.0439. The lowest BCUT2D eigenvalue weighted by Crippen LogP contribution is -2.04. The van der Waals surface area contributed by atoms with Gasteiger partial charge in [0.05, 0.1) is 12.4 Å². The van der Waals surface area contributed by atoms with Crippen LogP contribution in [0.25, 0.3) is 0 Å². The van der Waals surface area contributed by atoms with Crippen molar-refractivity contribution in [2.75, 3.05) is 0 Å². The molecule has 132 valence electrons. The molecule has 0 aliphatic rings. The molecule has 0 aliphatic heterocycles. The van der Waals surface area contributed by atoms with Gasteiger partial charge >= 0.3 is 12.1 Å². The minimum atomic E-state index is -4.63. The first-order chi connectivity index (χ1) is 12.3. The molecule has 0 fully saturated rings. The smallest absolute Gasteiger partial charge is 0.436 e. The summed E-state index contributed by atoms with van der Waals surface area (Å²) >= 11 is 0. The Balaban J connectivity index is 1.72. The predicted molar refractivity (Wildman–Crippen MR) is 72.9 cm³/mol. The summed E-state index contributed by atoms with van der Waals surface area (Å²) in [4.78, 5) is 21.6. The number of aromatic nitrogens is 6. The third-order valence-corrected chi connectivity index (χ3v) is 2.65. The molecule has 0 bridgehead atoms. The minimum Gasteiger partial charge on any atom is -0.476 e. The maximum absolute atomic E-state index is 12.4. The molecule has 3 rings (SSSR count). The summed E-state index contributed by atoms with van der Waals surface area (Å²) in [5.74, 6) is 2.53. The van der Waals surface area contributed by atoms with Gasteiger partial charge in [0.1, 0.15) is 6.26 Å². The number of alkyl halides is 3. The largest absolute Gasteiger partial charge is 0.476 e. The molecule has 2 N–H and O–H groups in total. The number of nitrogens with one attached hydrogen (secondary N) is 1. The van der Waals surface area contributed by atoms with Crippen LogP contribution < -0.4 is 4.74 Å². The van der Waals surface area contributed by atoms with Crippen molar-refractivity contribution in [2.45, 2.75) is 6.18 Å². The van der Waals surface area contributed by atoms with Crippen LogP contribution in [-0.2, 0) is 6.18 Å². The number of carboxylic acid groups (broad SMARTS) is 1. The molecule has 0 aliphatic carbocycles. The lowest BCUT2D eigenvalue weighted by atomic mass is 10.4. The molecule has 3 aromatic heterocycles. The van der Waals surface area contributed by atoms with Gasteiger partial charge in [0, 0.05) is 5.92 Å². The van der Waals surface area contributed by atoms with Crippen molar-refractivity contribution in [2.24, 2.45) is 0 Å². The van der Waals surface area contributed by atoms with Gasteiger partial charge in [-0.25, -0.2) is 19.9 Å². The topological polar surface area (TPSA) is 140 Å². The molecule has 0 atom stereocenters. The molecule has 3 aromatic rings. The van der Waals surface area contributed by atoms with Crippen molar-refractivity contribution in [3.05, 3.63) is 41.8 Å². The third-order valence-electron chi connectivity index (χ3n) is 2.65. The first kappa shape index (κ1) is 16.9. The molecule has 10 nitrogen and oxygen atoms in total. The van der Waals surface area contributed by atoms with Crippen LogP contribution in [0.1, 0.15) is 27.9 Å². The number of hydrogen-bond donors (Lipinski definition) is 2. The van der Waals surface area contributed by atoms with E-state index in [-0.39, 0.29) is 23.1 Å². The zero-order valence-corrected chi connectivity index (χ0v) is 12.3. The number of hydrogen-bond acceptors (Lipinski definition) is 8. The van der Waals surface area contributed by atoms with E-state index in [1.807, 2.05) is 0 Å². The molecule has 0 saturated heterocycles. The monoisotopic (exact) mass is 366 g/mol. The SMILES string of the molecule is O=C(O)c1[nH]nnc1Oc1cnc(C#Cc2nc(C(F)(F)F)co2)nc1. The average Bonchev–Trinajstić information content (AvgIpc) is 3.23. The summed E-state index contributed by atoms with van der Waals surface area (Å²) in [7, 11) is 0. The Labute approximate surface area is 141 Å². The van der Waals surface area contributed by atoms with E-state index in [4.69, 9.17) is 9.84 Å². The van der Waals surface area contributed by atoms with Gasteiger partial charge in [-0.05, 0) is 5.92 Å². The lowest BCUT2D eigenvalue weighted by molar-refractivity contribution is -0.141. The summed E-state index contributed by atoms with van der Waals surface area (Å²) in [5.41, 5.74) is -1.56. The van der Waals surface area contributed by atoms with Gasteiger partial charge in [0.15, 0.2) is 11.4 Å². The first-order valence-corrected chi connectivity index (χ1v) is 6.52. The Bertz CT molecular complexity index is 999. The molecule has 3 heterocycles. The van der Waals surface area contributed by atoms with Crippen molar-refractivity contribution in [3.8, 4) is 23.5 Å². The van der Waals surface area contributed by atoms with Gasteiger partial charge < -0.3 is 14.3 Å². The quantitative estimate of drug-likeness (QED) is 0.660. The Hall–Kier alpha value is -3.95. The predicted octanol–water partition coefficient (Wildman–Crippen LogP) is 1.49. The molecular weight excluding hydrogens is 361 g/mol. The highest BCUT2D eigenvalue weighted by atomic mass is 19.4. The molecule has 13 heteroatoms. The number of aromatic amines is 1. The van der Waals surface area contributed by atoms with E-state index in [0.29, 0.717) is 6.26 Å². The van der Waals surface area contributed by atoms with Crippen molar-refractivity contribution < 1.29 is 32.2 Å². The van der Waals surface area contributed by atoms with Crippen LogP contribution in [0, 0.1) is 11.8 Å². The molecule has 0 radical (unpaired) electrons. The van der Waals surface area contributed by atoms with Crippen LogP contribution in [0.4, 0.5) is 13.2 Å². The van der Waals surface area contributed by atoms with Crippen molar-refractivity contribution in [3.63, 3.8) is 0 Å². The number of oxazole rings is 1. The highest BCUT2D eigenvalue weighted by molar-refractivity contribution is 5.87. The summed E-state index contributed by atoms with van der Waals surface area (Å²) < 4.78 is 46.9. The molecule has 0 saturated carbocycles. The van der Waals surface area contributed by atoms with Crippen LogP contribution in [-0.4, -0.2) is 41.4 Å². The normalized spacial score (nSPS) is 10.9. The summed E-state index contributed by atoms with van der Waals surface area (Å²) in [6.45, 7) is 0. The van der Waals surface area contributed by atoms with Gasteiger partial charge in [0.25, 0.3) is 11.8 Å². The molecule has 26 heavy (non-hydrogen) atoms. The zero-order valence-electron chi connectivity index (χ0n) is 12.3. The van der Waals surface area contributed by atoms with Gasteiger partial charge in [-0.3, -0.25) is 0 Å². The van der Waals surface area contributed by atoms with Crippen LogP contribution in [0.5, 0.6) is 11.6 Å². The molecule has 0 unspecified atom stereocenters. The number of ether oxygens (including phenoxy) is 1. The highest BCUT2D eigenvalue weighted by Gasteiger charge is 2.34. The third kappa shape index (κ3) is 3.75.